The first kappa shape index (κ1) is 13.1. The third-order valence-electron chi connectivity index (χ3n) is 3.30. The molecule has 0 atom stereocenters. The third kappa shape index (κ3) is 2.54. The first-order valence-corrected chi connectivity index (χ1v) is 6.23. The van der Waals surface area contributed by atoms with E-state index < -0.39 is 0 Å². The summed E-state index contributed by atoms with van der Waals surface area (Å²) in [6.07, 6.45) is 0. The van der Waals surface area contributed by atoms with Crippen molar-refractivity contribution >= 4 is 5.91 Å². The van der Waals surface area contributed by atoms with Crippen LogP contribution in [0.15, 0.2) is 24.3 Å². The molecule has 1 aliphatic rings. The highest BCUT2D eigenvalue weighted by molar-refractivity contribution is 5.95. The van der Waals surface area contributed by atoms with Crippen molar-refractivity contribution < 1.29 is 9.53 Å². The minimum absolute atomic E-state index is 0.0543. The number of rotatable bonds is 2. The van der Waals surface area contributed by atoms with Gasteiger partial charge in [-0.3, -0.25) is 4.79 Å². The van der Waals surface area contributed by atoms with E-state index in [9.17, 15) is 4.79 Å². The Labute approximate surface area is 108 Å². The topological polar surface area (TPSA) is 55.6 Å². The molecular weight excluding hydrogens is 228 g/mol. The Kier molecular flexibility index (Phi) is 3.68. The number of carbonyl (C=O) groups excluding carboxylic acids is 1. The molecule has 1 amide bonds. The van der Waals surface area contributed by atoms with Gasteiger partial charge in [0, 0.05) is 18.7 Å². The second-order valence-electron chi connectivity index (χ2n) is 5.23. The van der Waals surface area contributed by atoms with Gasteiger partial charge in [0.05, 0.1) is 18.8 Å². The highest BCUT2D eigenvalue weighted by Gasteiger charge is 2.34. The fraction of sp³-hybridized carbons (Fsp3) is 0.500. The average molecular weight is 248 g/mol. The quantitative estimate of drug-likeness (QED) is 0.860. The first-order chi connectivity index (χ1) is 8.54. The Bertz CT molecular complexity index is 443. The number of nitrogens with two attached hydrogens (primary N) is 1. The molecule has 18 heavy (non-hydrogen) atoms. The molecule has 1 saturated heterocycles. The molecule has 0 bridgehead atoms. The summed E-state index contributed by atoms with van der Waals surface area (Å²) in [6, 6.07) is 7.52. The number of hydrogen-bond acceptors (Lipinski definition) is 3. The second-order valence-corrected chi connectivity index (χ2v) is 5.23. The van der Waals surface area contributed by atoms with Crippen LogP contribution in [-0.4, -0.2) is 36.1 Å². The van der Waals surface area contributed by atoms with E-state index in [-0.39, 0.29) is 11.4 Å². The summed E-state index contributed by atoms with van der Waals surface area (Å²) in [5.41, 5.74) is 7.03. The molecule has 2 rings (SSSR count). The van der Waals surface area contributed by atoms with Crippen molar-refractivity contribution in [3.8, 4) is 0 Å². The maximum atomic E-state index is 12.5. The van der Waals surface area contributed by atoms with Gasteiger partial charge in [0.25, 0.3) is 5.91 Å². The van der Waals surface area contributed by atoms with E-state index in [0.29, 0.717) is 31.9 Å². The number of amides is 1. The fourth-order valence-corrected chi connectivity index (χ4v) is 2.22. The van der Waals surface area contributed by atoms with Gasteiger partial charge in [-0.05, 0) is 31.5 Å². The van der Waals surface area contributed by atoms with Gasteiger partial charge in [-0.25, -0.2) is 0 Å². The van der Waals surface area contributed by atoms with Gasteiger partial charge < -0.3 is 15.4 Å². The summed E-state index contributed by atoms with van der Waals surface area (Å²) in [6.45, 7) is 6.32. The van der Waals surface area contributed by atoms with Crippen molar-refractivity contribution in [3.05, 3.63) is 35.4 Å². The molecule has 0 radical (unpaired) electrons. The SMILES string of the molecule is CC1(C)COCCN1C(=O)c1cccc(CN)c1. The van der Waals surface area contributed by atoms with Crippen LogP contribution in [0, 0.1) is 0 Å². The zero-order valence-corrected chi connectivity index (χ0v) is 11.0. The summed E-state index contributed by atoms with van der Waals surface area (Å²) in [5.74, 6) is 0.0543. The van der Waals surface area contributed by atoms with Crippen molar-refractivity contribution in [1.82, 2.24) is 4.90 Å². The summed E-state index contributed by atoms with van der Waals surface area (Å²) in [7, 11) is 0. The predicted octanol–water partition coefficient (Wildman–Crippen LogP) is 1.40. The number of nitrogens with zero attached hydrogens (tertiary/aromatic N) is 1. The lowest BCUT2D eigenvalue weighted by atomic mass is 10.0. The highest BCUT2D eigenvalue weighted by Crippen LogP contribution is 2.22. The number of morpholine rings is 1. The first-order valence-electron chi connectivity index (χ1n) is 6.23. The monoisotopic (exact) mass is 248 g/mol. The van der Waals surface area contributed by atoms with E-state index in [4.69, 9.17) is 10.5 Å². The van der Waals surface area contributed by atoms with E-state index in [1.807, 2.05) is 43.0 Å². The maximum absolute atomic E-state index is 12.5. The molecule has 0 spiro atoms. The molecule has 98 valence electrons. The van der Waals surface area contributed by atoms with Crippen LogP contribution >= 0.6 is 0 Å². The molecular formula is C14H20N2O2. The molecule has 1 heterocycles. The molecule has 4 nitrogen and oxygen atoms in total. The average Bonchev–Trinajstić information content (AvgIpc) is 2.37. The molecule has 4 heteroatoms. The van der Waals surface area contributed by atoms with Crippen molar-refractivity contribution in [2.75, 3.05) is 19.8 Å². The van der Waals surface area contributed by atoms with Crippen molar-refractivity contribution in [2.45, 2.75) is 25.9 Å². The lowest BCUT2D eigenvalue weighted by Gasteiger charge is -2.42. The van der Waals surface area contributed by atoms with Crippen molar-refractivity contribution in [3.63, 3.8) is 0 Å². The molecule has 2 N–H and O–H groups in total. The van der Waals surface area contributed by atoms with E-state index in [0.717, 1.165) is 5.56 Å². The molecule has 0 aromatic heterocycles. The van der Waals surface area contributed by atoms with E-state index >= 15 is 0 Å². The Morgan fingerprint density at radius 2 is 2.28 bits per heavy atom. The van der Waals surface area contributed by atoms with Crippen molar-refractivity contribution in [1.29, 1.82) is 0 Å². The number of benzene rings is 1. The second kappa shape index (κ2) is 5.08. The van der Waals surface area contributed by atoms with Crippen LogP contribution in [-0.2, 0) is 11.3 Å². The van der Waals surface area contributed by atoms with E-state index in [1.165, 1.54) is 0 Å². The molecule has 1 aliphatic heterocycles. The van der Waals surface area contributed by atoms with Crippen LogP contribution in [0.25, 0.3) is 0 Å². The minimum Gasteiger partial charge on any atom is -0.377 e. The lowest BCUT2D eigenvalue weighted by Crippen LogP contribution is -2.55. The van der Waals surface area contributed by atoms with E-state index in [2.05, 4.69) is 0 Å². The van der Waals surface area contributed by atoms with Crippen LogP contribution in [0.4, 0.5) is 0 Å². The zero-order valence-electron chi connectivity index (χ0n) is 11.0. The Balaban J connectivity index is 2.24. The largest absolute Gasteiger partial charge is 0.377 e. The lowest BCUT2D eigenvalue weighted by molar-refractivity contribution is -0.0370. The number of hydrogen-bond donors (Lipinski definition) is 1. The smallest absolute Gasteiger partial charge is 0.254 e. The van der Waals surface area contributed by atoms with Crippen LogP contribution in [0.3, 0.4) is 0 Å². The molecule has 0 unspecified atom stereocenters. The predicted molar refractivity (Wildman–Crippen MR) is 70.3 cm³/mol. The van der Waals surface area contributed by atoms with Crippen LogP contribution in [0.1, 0.15) is 29.8 Å². The van der Waals surface area contributed by atoms with Gasteiger partial charge in [-0.1, -0.05) is 12.1 Å². The van der Waals surface area contributed by atoms with Gasteiger partial charge >= 0.3 is 0 Å². The zero-order chi connectivity index (χ0) is 13.2. The number of ether oxygens (including phenoxy) is 1. The van der Waals surface area contributed by atoms with Gasteiger partial charge in [0.2, 0.25) is 0 Å². The van der Waals surface area contributed by atoms with Crippen molar-refractivity contribution in [2.24, 2.45) is 5.73 Å². The van der Waals surface area contributed by atoms with Gasteiger partial charge in [-0.2, -0.15) is 0 Å². The summed E-state index contributed by atoms with van der Waals surface area (Å²) < 4.78 is 5.43. The van der Waals surface area contributed by atoms with E-state index in [1.54, 1.807) is 0 Å². The van der Waals surface area contributed by atoms with Gasteiger partial charge in [0.15, 0.2) is 0 Å². The maximum Gasteiger partial charge on any atom is 0.254 e. The standard InChI is InChI=1S/C14H20N2O2/c1-14(2)10-18-7-6-16(14)13(17)12-5-3-4-11(8-12)9-15/h3-5,8H,6-7,9-10,15H2,1-2H3. The van der Waals surface area contributed by atoms with Crippen LogP contribution in [0.2, 0.25) is 0 Å². The highest BCUT2D eigenvalue weighted by atomic mass is 16.5. The minimum atomic E-state index is -0.256. The number of carbonyl (C=O) groups is 1. The molecule has 1 fully saturated rings. The Morgan fingerprint density at radius 3 is 2.94 bits per heavy atom. The normalized spacial score (nSPS) is 18.7. The molecule has 0 saturated carbocycles. The molecule has 1 aromatic rings. The third-order valence-corrected chi connectivity index (χ3v) is 3.30. The summed E-state index contributed by atoms with van der Waals surface area (Å²) in [5, 5.41) is 0. The Hall–Kier alpha value is -1.39. The van der Waals surface area contributed by atoms with Crippen LogP contribution < -0.4 is 5.73 Å². The molecule has 1 aromatic carbocycles. The Morgan fingerprint density at radius 1 is 1.50 bits per heavy atom. The summed E-state index contributed by atoms with van der Waals surface area (Å²) in [4.78, 5) is 14.4. The fourth-order valence-electron chi connectivity index (χ4n) is 2.22. The van der Waals surface area contributed by atoms with Crippen LogP contribution in [0.5, 0.6) is 0 Å². The summed E-state index contributed by atoms with van der Waals surface area (Å²) >= 11 is 0. The van der Waals surface area contributed by atoms with Gasteiger partial charge in [0.1, 0.15) is 0 Å². The van der Waals surface area contributed by atoms with Gasteiger partial charge in [-0.15, -0.1) is 0 Å². The molecule has 0 aliphatic carbocycles.